The number of rotatable bonds is 6. The summed E-state index contributed by atoms with van der Waals surface area (Å²) in [5.74, 6) is 0.0496. The van der Waals surface area contributed by atoms with Crippen molar-refractivity contribution in [3.8, 4) is 0 Å². The lowest BCUT2D eigenvalue weighted by Gasteiger charge is -2.31. The lowest BCUT2D eigenvalue weighted by atomic mass is 9.69. The van der Waals surface area contributed by atoms with Gasteiger partial charge in [-0.3, -0.25) is 28.8 Å². The Bertz CT molecular complexity index is 1260. The molecular weight excluding hydrogens is 504 g/mol. The fourth-order valence-electron chi connectivity index (χ4n) is 7.21. The van der Waals surface area contributed by atoms with Crippen LogP contribution < -0.4 is 0 Å². The van der Waals surface area contributed by atoms with E-state index in [1.165, 1.54) is 0 Å². The molecule has 0 unspecified atom stereocenters. The highest BCUT2D eigenvalue weighted by molar-refractivity contribution is 6.15. The maximum absolute atomic E-state index is 12.3. The number of benzene rings is 2. The summed E-state index contributed by atoms with van der Waals surface area (Å²) in [6.45, 7) is 3.54. The Balaban J connectivity index is 0.000000161. The average molecular weight is 541 g/mol. The maximum atomic E-state index is 12.3. The summed E-state index contributed by atoms with van der Waals surface area (Å²) in [4.78, 5) is 73.1. The van der Waals surface area contributed by atoms with E-state index in [0.29, 0.717) is 49.7 Å². The minimum Gasteiger partial charge on any atom is -0.299 e. The van der Waals surface area contributed by atoms with Gasteiger partial charge in [0.25, 0.3) is 0 Å². The van der Waals surface area contributed by atoms with Crippen LogP contribution in [0.1, 0.15) is 85.9 Å². The van der Waals surface area contributed by atoms with E-state index in [9.17, 15) is 28.8 Å². The highest BCUT2D eigenvalue weighted by atomic mass is 16.2. The molecule has 0 heterocycles. The zero-order valence-electron chi connectivity index (χ0n) is 23.2. The monoisotopic (exact) mass is 540 g/mol. The molecule has 0 saturated heterocycles. The van der Waals surface area contributed by atoms with Crippen molar-refractivity contribution in [1.29, 1.82) is 0 Å². The third-order valence-corrected chi connectivity index (χ3v) is 10.1. The molecule has 6 nitrogen and oxygen atoms in total. The van der Waals surface area contributed by atoms with E-state index in [2.05, 4.69) is 0 Å². The van der Waals surface area contributed by atoms with E-state index in [4.69, 9.17) is 0 Å². The molecule has 4 bridgehead atoms. The molecule has 0 aliphatic heterocycles. The summed E-state index contributed by atoms with van der Waals surface area (Å²) < 4.78 is 0. The van der Waals surface area contributed by atoms with Crippen molar-refractivity contribution in [3.05, 3.63) is 71.8 Å². The minimum atomic E-state index is -0.753. The molecule has 6 heteroatoms. The van der Waals surface area contributed by atoms with Gasteiger partial charge in [-0.2, -0.15) is 0 Å². The van der Waals surface area contributed by atoms with Gasteiger partial charge in [-0.25, -0.2) is 0 Å². The standard InChI is InChI=1S/2C17H18O3/c2*1-17-8-7-12(13(16(17)20)10-15(17)19)9-14(18)11-5-3-2-4-6-11/h2*2-6,12-13H,7-10H2,1H3/t2*12-,13-,17-/m00/s1. The van der Waals surface area contributed by atoms with Gasteiger partial charge in [0, 0.05) is 48.6 Å². The molecule has 2 aromatic carbocycles. The predicted octanol–water partition coefficient (Wildman–Crippen LogP) is 5.67. The van der Waals surface area contributed by atoms with Crippen LogP contribution in [-0.2, 0) is 19.2 Å². The van der Waals surface area contributed by atoms with Crippen LogP contribution in [0.15, 0.2) is 60.7 Å². The van der Waals surface area contributed by atoms with Crippen molar-refractivity contribution in [1.82, 2.24) is 0 Å². The molecule has 40 heavy (non-hydrogen) atoms. The Kier molecular flexibility index (Phi) is 7.56. The second-order valence-corrected chi connectivity index (χ2v) is 12.4. The normalized spacial score (nSPS) is 32.5. The zero-order valence-corrected chi connectivity index (χ0v) is 23.2. The first-order valence-corrected chi connectivity index (χ1v) is 14.4. The Hall–Kier alpha value is -3.54. The number of ketones is 6. The summed E-state index contributed by atoms with van der Waals surface area (Å²) in [6, 6.07) is 18.3. The molecule has 208 valence electrons. The van der Waals surface area contributed by atoms with Gasteiger partial charge in [0.15, 0.2) is 11.6 Å². The molecule has 0 amide bonds. The molecular formula is C34H36O6. The molecule has 2 aromatic rings. The Labute approximate surface area is 234 Å². The van der Waals surface area contributed by atoms with Crippen LogP contribution in [-0.4, -0.2) is 34.7 Å². The maximum Gasteiger partial charge on any atom is 0.163 e. The van der Waals surface area contributed by atoms with Crippen molar-refractivity contribution in [2.75, 3.05) is 0 Å². The van der Waals surface area contributed by atoms with Crippen molar-refractivity contribution in [2.24, 2.45) is 34.5 Å². The summed E-state index contributed by atoms with van der Waals surface area (Å²) in [5.41, 5.74) is -0.122. The van der Waals surface area contributed by atoms with Crippen molar-refractivity contribution < 1.29 is 28.8 Å². The van der Waals surface area contributed by atoms with Gasteiger partial charge < -0.3 is 0 Å². The number of Topliss-reactive ketones (excluding diaryl/α,β-unsaturated/α-hetero) is 6. The van der Waals surface area contributed by atoms with E-state index >= 15 is 0 Å². The smallest absolute Gasteiger partial charge is 0.163 e. The number of hydrogen-bond acceptors (Lipinski definition) is 6. The molecule has 4 aliphatic rings. The van der Waals surface area contributed by atoms with Crippen LogP contribution in [0.3, 0.4) is 0 Å². The van der Waals surface area contributed by atoms with Gasteiger partial charge in [0.2, 0.25) is 0 Å². The predicted molar refractivity (Wildman–Crippen MR) is 149 cm³/mol. The van der Waals surface area contributed by atoms with Crippen LogP contribution in [0.4, 0.5) is 0 Å². The zero-order chi connectivity index (χ0) is 28.7. The molecule has 0 radical (unpaired) electrons. The lowest BCUT2D eigenvalue weighted by Crippen LogP contribution is -2.38. The van der Waals surface area contributed by atoms with Crippen LogP contribution in [0.5, 0.6) is 0 Å². The summed E-state index contributed by atoms with van der Waals surface area (Å²) in [7, 11) is 0. The highest BCUT2D eigenvalue weighted by Crippen LogP contribution is 2.50. The van der Waals surface area contributed by atoms with Gasteiger partial charge in [-0.1, -0.05) is 60.7 Å². The van der Waals surface area contributed by atoms with Crippen LogP contribution in [0.2, 0.25) is 0 Å². The van der Waals surface area contributed by atoms with Crippen LogP contribution in [0.25, 0.3) is 0 Å². The molecule has 4 fully saturated rings. The number of fused-ring (bicyclic) bond motifs is 4. The van der Waals surface area contributed by atoms with E-state index < -0.39 is 10.8 Å². The topological polar surface area (TPSA) is 102 Å². The molecule has 4 saturated carbocycles. The van der Waals surface area contributed by atoms with E-state index in [1.807, 2.05) is 36.4 Å². The fraction of sp³-hybridized carbons (Fsp3) is 0.471. The molecule has 4 aliphatic carbocycles. The summed E-state index contributed by atoms with van der Waals surface area (Å²) in [6.07, 6.45) is 4.24. The largest absolute Gasteiger partial charge is 0.299 e. The molecule has 0 aromatic heterocycles. The van der Waals surface area contributed by atoms with E-state index in [-0.39, 0.29) is 58.4 Å². The van der Waals surface area contributed by atoms with Gasteiger partial charge in [-0.05, 0) is 51.4 Å². The van der Waals surface area contributed by atoms with E-state index in [1.54, 1.807) is 38.1 Å². The van der Waals surface area contributed by atoms with Gasteiger partial charge in [0.05, 0.1) is 10.8 Å². The number of carbonyl (C=O) groups is 6. The first kappa shape index (κ1) is 28.0. The second-order valence-electron chi connectivity index (χ2n) is 12.4. The Morgan fingerprint density at radius 2 is 0.975 bits per heavy atom. The summed E-state index contributed by atoms with van der Waals surface area (Å²) >= 11 is 0. The van der Waals surface area contributed by atoms with Gasteiger partial charge in [0.1, 0.15) is 23.1 Å². The minimum absolute atomic E-state index is 0.0368. The van der Waals surface area contributed by atoms with Crippen molar-refractivity contribution >= 4 is 34.7 Å². The molecule has 6 atom stereocenters. The highest BCUT2D eigenvalue weighted by Gasteiger charge is 2.57. The third-order valence-electron chi connectivity index (χ3n) is 10.1. The van der Waals surface area contributed by atoms with Crippen molar-refractivity contribution in [3.63, 3.8) is 0 Å². The first-order chi connectivity index (χ1) is 19.0. The lowest BCUT2D eigenvalue weighted by molar-refractivity contribution is -0.139. The number of carbonyl (C=O) groups excluding carboxylic acids is 6. The van der Waals surface area contributed by atoms with Gasteiger partial charge >= 0.3 is 0 Å². The fourth-order valence-corrected chi connectivity index (χ4v) is 7.21. The van der Waals surface area contributed by atoms with Crippen LogP contribution >= 0.6 is 0 Å². The summed E-state index contributed by atoms with van der Waals surface area (Å²) in [5, 5.41) is 0. The van der Waals surface area contributed by atoms with Crippen molar-refractivity contribution in [2.45, 2.75) is 65.2 Å². The average Bonchev–Trinajstić information content (AvgIpc) is 3.19. The first-order valence-electron chi connectivity index (χ1n) is 14.4. The molecule has 0 N–H and O–H groups in total. The SMILES string of the molecule is C[C@]12CC[C@@H](CC(=O)c3ccccc3)[C@H](CC1=O)C2=O.C[C@]12CC[C@@H](CC(=O)c3ccccc3)[C@H](CC1=O)C2=O. The number of hydrogen-bond donors (Lipinski definition) is 0. The van der Waals surface area contributed by atoms with E-state index in [0.717, 1.165) is 12.8 Å². The van der Waals surface area contributed by atoms with Gasteiger partial charge in [-0.15, -0.1) is 0 Å². The van der Waals surface area contributed by atoms with Crippen LogP contribution in [0, 0.1) is 34.5 Å². The third kappa shape index (κ3) is 4.93. The Morgan fingerprint density at radius 1 is 0.625 bits per heavy atom. The Morgan fingerprint density at radius 3 is 1.32 bits per heavy atom. The molecule has 0 spiro atoms. The molecule has 6 rings (SSSR count). The quantitative estimate of drug-likeness (QED) is 0.346. The second kappa shape index (κ2) is 10.8.